The van der Waals surface area contributed by atoms with Crippen LogP contribution < -0.4 is 9.47 Å². The van der Waals surface area contributed by atoms with Crippen LogP contribution in [0.5, 0.6) is 17.2 Å². The van der Waals surface area contributed by atoms with Gasteiger partial charge in [0.15, 0.2) is 6.10 Å². The third-order valence-electron chi connectivity index (χ3n) is 2.50. The molecule has 1 unspecified atom stereocenters. The Balaban J connectivity index is 1.91. The number of carboxylic acid groups (broad SMARTS) is 1. The first kappa shape index (κ1) is 13.9. The Labute approximate surface area is 116 Å². The molecule has 104 valence electrons. The minimum Gasteiger partial charge on any atom is -0.490 e. The normalized spacial score (nSPS) is 11.7. The zero-order valence-corrected chi connectivity index (χ0v) is 10.6. The number of aliphatic hydroxyl groups is 1. The first-order valence-corrected chi connectivity index (χ1v) is 6.02. The van der Waals surface area contributed by atoms with Crippen molar-refractivity contribution >= 4 is 5.97 Å². The van der Waals surface area contributed by atoms with E-state index in [9.17, 15) is 4.79 Å². The third-order valence-corrected chi connectivity index (χ3v) is 2.50. The molecule has 0 aliphatic carbocycles. The maximum Gasteiger partial charge on any atom is 0.336 e. The molecule has 5 heteroatoms. The largest absolute Gasteiger partial charge is 0.490 e. The van der Waals surface area contributed by atoms with Crippen LogP contribution in [0.25, 0.3) is 0 Å². The van der Waals surface area contributed by atoms with Gasteiger partial charge in [0.2, 0.25) is 0 Å². The average molecular weight is 274 g/mol. The van der Waals surface area contributed by atoms with Gasteiger partial charge in [-0.15, -0.1) is 0 Å². The molecule has 0 aliphatic rings. The molecule has 0 saturated carbocycles. The van der Waals surface area contributed by atoms with Gasteiger partial charge in [0.05, 0.1) is 0 Å². The molecular formula is C15H14O5. The average Bonchev–Trinajstić information content (AvgIpc) is 2.47. The van der Waals surface area contributed by atoms with Crippen LogP contribution in [0.2, 0.25) is 0 Å². The van der Waals surface area contributed by atoms with Crippen LogP contribution in [0, 0.1) is 0 Å². The molecule has 0 saturated heterocycles. The summed E-state index contributed by atoms with van der Waals surface area (Å²) in [5.41, 5.74) is 0. The Hall–Kier alpha value is -2.53. The lowest BCUT2D eigenvalue weighted by atomic mass is 10.3. The maximum absolute atomic E-state index is 10.4. The molecule has 0 bridgehead atoms. The molecule has 2 N–H and O–H groups in total. The highest BCUT2D eigenvalue weighted by molar-refractivity contribution is 5.72. The zero-order valence-electron chi connectivity index (χ0n) is 10.6. The van der Waals surface area contributed by atoms with Crippen molar-refractivity contribution in [3.63, 3.8) is 0 Å². The second-order valence-corrected chi connectivity index (χ2v) is 4.05. The molecule has 2 rings (SSSR count). The predicted molar refractivity (Wildman–Crippen MR) is 72.1 cm³/mol. The molecule has 0 aliphatic heterocycles. The van der Waals surface area contributed by atoms with Gasteiger partial charge in [-0.1, -0.05) is 18.2 Å². The Morgan fingerprint density at radius 2 is 1.50 bits per heavy atom. The van der Waals surface area contributed by atoms with Crippen molar-refractivity contribution in [1.29, 1.82) is 0 Å². The molecule has 0 aromatic heterocycles. The molecule has 20 heavy (non-hydrogen) atoms. The van der Waals surface area contributed by atoms with Crippen LogP contribution in [0.15, 0.2) is 54.6 Å². The fourth-order valence-electron chi connectivity index (χ4n) is 1.47. The minimum atomic E-state index is -1.53. The lowest BCUT2D eigenvalue weighted by Crippen LogP contribution is -2.26. The van der Waals surface area contributed by atoms with Crippen LogP contribution >= 0.6 is 0 Å². The molecule has 0 radical (unpaired) electrons. The van der Waals surface area contributed by atoms with Gasteiger partial charge < -0.3 is 19.7 Å². The molecule has 2 aromatic carbocycles. The number of hydrogen-bond donors (Lipinski definition) is 2. The first-order chi connectivity index (χ1) is 9.65. The minimum absolute atomic E-state index is 0.297. The van der Waals surface area contributed by atoms with Crippen LogP contribution in [0.1, 0.15) is 0 Å². The summed E-state index contributed by atoms with van der Waals surface area (Å²) in [5.74, 6) is 0.518. The van der Waals surface area contributed by atoms with Crippen LogP contribution in [-0.4, -0.2) is 28.9 Å². The summed E-state index contributed by atoms with van der Waals surface area (Å²) < 4.78 is 10.7. The van der Waals surface area contributed by atoms with Gasteiger partial charge >= 0.3 is 5.97 Å². The SMILES string of the molecule is O=C(O)C(O)COc1ccc(Oc2ccccc2)cc1. The number of rotatable bonds is 6. The van der Waals surface area contributed by atoms with Gasteiger partial charge in [0.1, 0.15) is 23.9 Å². The van der Waals surface area contributed by atoms with Gasteiger partial charge in [0.25, 0.3) is 0 Å². The summed E-state index contributed by atoms with van der Waals surface area (Å²) in [6, 6.07) is 16.0. The Bertz CT molecular complexity index is 550. The zero-order chi connectivity index (χ0) is 14.4. The molecule has 1 atom stereocenters. The summed E-state index contributed by atoms with van der Waals surface area (Å²) in [4.78, 5) is 10.4. The molecule has 2 aromatic rings. The number of aliphatic hydroxyl groups excluding tert-OH is 1. The predicted octanol–water partition coefficient (Wildman–Crippen LogP) is 2.30. The lowest BCUT2D eigenvalue weighted by Gasteiger charge is -2.09. The second kappa shape index (κ2) is 6.58. The number of carboxylic acids is 1. The molecule has 0 fully saturated rings. The van der Waals surface area contributed by atoms with Gasteiger partial charge in [-0.05, 0) is 36.4 Å². The Morgan fingerprint density at radius 1 is 0.950 bits per heavy atom. The van der Waals surface area contributed by atoms with Gasteiger partial charge in [0, 0.05) is 0 Å². The standard InChI is InChI=1S/C15H14O5/c16-14(15(17)18)10-19-11-6-8-13(9-7-11)20-12-4-2-1-3-5-12/h1-9,14,16H,10H2,(H,17,18). The number of benzene rings is 2. The van der Waals surface area contributed by atoms with Crippen molar-refractivity contribution in [2.75, 3.05) is 6.61 Å². The fourth-order valence-corrected chi connectivity index (χ4v) is 1.47. The van der Waals surface area contributed by atoms with Crippen molar-refractivity contribution in [2.24, 2.45) is 0 Å². The monoisotopic (exact) mass is 274 g/mol. The van der Waals surface area contributed by atoms with E-state index in [1.165, 1.54) is 0 Å². The molecule has 5 nitrogen and oxygen atoms in total. The smallest absolute Gasteiger partial charge is 0.336 e. The number of carbonyl (C=O) groups is 1. The highest BCUT2D eigenvalue weighted by Gasteiger charge is 2.13. The van der Waals surface area contributed by atoms with E-state index in [0.717, 1.165) is 5.75 Å². The number of hydrogen-bond acceptors (Lipinski definition) is 4. The van der Waals surface area contributed by atoms with Crippen molar-refractivity contribution in [3.05, 3.63) is 54.6 Å². The van der Waals surface area contributed by atoms with E-state index in [1.54, 1.807) is 24.3 Å². The summed E-state index contributed by atoms with van der Waals surface area (Å²) in [7, 11) is 0. The van der Waals surface area contributed by atoms with Gasteiger partial charge in [-0.25, -0.2) is 4.79 Å². The van der Waals surface area contributed by atoms with Crippen molar-refractivity contribution < 1.29 is 24.5 Å². The summed E-state index contributed by atoms with van der Waals surface area (Å²) >= 11 is 0. The number of aliphatic carboxylic acids is 1. The highest BCUT2D eigenvalue weighted by atomic mass is 16.5. The van der Waals surface area contributed by atoms with E-state index in [1.807, 2.05) is 30.3 Å². The van der Waals surface area contributed by atoms with Crippen molar-refractivity contribution in [2.45, 2.75) is 6.10 Å². The molecule has 0 heterocycles. The fraction of sp³-hybridized carbons (Fsp3) is 0.133. The summed E-state index contributed by atoms with van der Waals surface area (Å²) in [6.45, 7) is -0.297. The summed E-state index contributed by atoms with van der Waals surface area (Å²) in [5, 5.41) is 17.6. The maximum atomic E-state index is 10.4. The van der Waals surface area contributed by atoms with E-state index >= 15 is 0 Å². The van der Waals surface area contributed by atoms with E-state index in [0.29, 0.717) is 11.5 Å². The first-order valence-electron chi connectivity index (χ1n) is 6.02. The molecule has 0 spiro atoms. The van der Waals surface area contributed by atoms with E-state index in [4.69, 9.17) is 19.7 Å². The lowest BCUT2D eigenvalue weighted by molar-refractivity contribution is -0.148. The highest BCUT2D eigenvalue weighted by Crippen LogP contribution is 2.23. The quantitative estimate of drug-likeness (QED) is 0.845. The van der Waals surface area contributed by atoms with Crippen LogP contribution in [0.4, 0.5) is 0 Å². The molecule has 0 amide bonds. The van der Waals surface area contributed by atoms with Crippen molar-refractivity contribution in [1.82, 2.24) is 0 Å². The van der Waals surface area contributed by atoms with Crippen molar-refractivity contribution in [3.8, 4) is 17.2 Å². The topological polar surface area (TPSA) is 76.0 Å². The second-order valence-electron chi connectivity index (χ2n) is 4.05. The molecular weight excluding hydrogens is 260 g/mol. The third kappa shape index (κ3) is 4.00. The van der Waals surface area contributed by atoms with E-state index < -0.39 is 12.1 Å². The Kier molecular flexibility index (Phi) is 4.57. The number of para-hydroxylation sites is 1. The number of ether oxygens (including phenoxy) is 2. The van der Waals surface area contributed by atoms with E-state index in [2.05, 4.69) is 0 Å². The Morgan fingerprint density at radius 3 is 2.10 bits per heavy atom. The van der Waals surface area contributed by atoms with Crippen LogP contribution in [0.3, 0.4) is 0 Å². The van der Waals surface area contributed by atoms with E-state index in [-0.39, 0.29) is 6.61 Å². The van der Waals surface area contributed by atoms with Crippen LogP contribution in [-0.2, 0) is 4.79 Å². The van der Waals surface area contributed by atoms with Gasteiger partial charge in [-0.3, -0.25) is 0 Å². The summed E-state index contributed by atoms with van der Waals surface area (Å²) in [6.07, 6.45) is -1.53. The van der Waals surface area contributed by atoms with Gasteiger partial charge in [-0.2, -0.15) is 0 Å².